The van der Waals surface area contributed by atoms with Crippen molar-refractivity contribution in [2.45, 2.75) is 5.51 Å². The number of anilines is 4. The van der Waals surface area contributed by atoms with Gasteiger partial charge in [0.05, 0.1) is 52.2 Å². The minimum Gasteiger partial charge on any atom is -0.496 e. The van der Waals surface area contributed by atoms with Gasteiger partial charge in [-0.25, -0.2) is 28.7 Å². The molecule has 0 unspecified atom stereocenters. The van der Waals surface area contributed by atoms with Gasteiger partial charge in [0.25, 0.3) is 0 Å². The molecule has 6 aromatic rings. The number of nitrogens with one attached hydrogen (secondary N) is 2. The first-order valence-electron chi connectivity index (χ1n) is 14.2. The van der Waals surface area contributed by atoms with E-state index in [1.807, 2.05) is 0 Å². The van der Waals surface area contributed by atoms with Crippen LogP contribution in [0.2, 0.25) is 10.0 Å². The van der Waals surface area contributed by atoms with Gasteiger partial charge >= 0.3 is 15.6 Å². The number of hydrogen-bond donors (Lipinski definition) is 2. The van der Waals surface area contributed by atoms with Gasteiger partial charge in [-0.3, -0.25) is 4.79 Å². The number of methoxy groups -OCH3 is 2. The fourth-order valence-electron chi connectivity index (χ4n) is 4.48. The molecule has 0 saturated heterocycles. The smallest absolute Gasteiger partial charge is 0.496 e. The Morgan fingerprint density at radius 3 is 1.65 bits per heavy atom. The molecule has 20 heteroatoms. The third-order valence-corrected chi connectivity index (χ3v) is 8.48. The molecule has 0 aliphatic heterocycles. The highest BCUT2D eigenvalue weighted by molar-refractivity contribution is 7.88. The molecule has 0 radical (unpaired) electrons. The van der Waals surface area contributed by atoms with Crippen LogP contribution in [-0.2, 0) is 10.1 Å². The highest BCUT2D eigenvalue weighted by Gasteiger charge is 2.49. The molecule has 52 heavy (non-hydrogen) atoms. The molecule has 4 aromatic carbocycles. The van der Waals surface area contributed by atoms with Crippen LogP contribution in [0.5, 0.6) is 17.2 Å². The second-order valence-electron chi connectivity index (χ2n) is 10.1. The largest absolute Gasteiger partial charge is 0.534 e. The Labute approximate surface area is 300 Å². The number of hydrogen-bond acceptors (Lipinski definition) is 12. The van der Waals surface area contributed by atoms with Gasteiger partial charge in [-0.1, -0.05) is 35.3 Å². The van der Waals surface area contributed by atoms with Gasteiger partial charge in [-0.05, 0) is 36.4 Å². The van der Waals surface area contributed by atoms with Crippen molar-refractivity contribution in [2.24, 2.45) is 0 Å². The van der Waals surface area contributed by atoms with Gasteiger partial charge < -0.3 is 24.3 Å². The maximum atomic E-state index is 14.2. The van der Waals surface area contributed by atoms with E-state index in [1.54, 1.807) is 24.3 Å². The quantitative estimate of drug-likeness (QED) is 0.0627. The number of aldehydes is 1. The third kappa shape index (κ3) is 7.98. The molecular weight excluding hydrogens is 762 g/mol. The van der Waals surface area contributed by atoms with Crippen LogP contribution < -0.4 is 24.3 Å². The number of carbonyl (C=O) groups excluding carboxylic acids is 1. The number of benzene rings is 4. The van der Waals surface area contributed by atoms with Crippen molar-refractivity contribution in [2.75, 3.05) is 24.9 Å². The number of rotatable bonds is 9. The lowest BCUT2D eigenvalue weighted by Gasteiger charge is -2.14. The van der Waals surface area contributed by atoms with E-state index in [1.165, 1.54) is 37.7 Å². The van der Waals surface area contributed by atoms with Crippen molar-refractivity contribution in [3.8, 4) is 17.2 Å². The zero-order chi connectivity index (χ0) is 37.8. The zero-order valence-corrected chi connectivity index (χ0v) is 28.6. The predicted molar refractivity (Wildman–Crippen MR) is 183 cm³/mol. The van der Waals surface area contributed by atoms with Crippen LogP contribution in [0.3, 0.4) is 0 Å². The minimum absolute atomic E-state index is 0.00334. The minimum atomic E-state index is -5.95. The van der Waals surface area contributed by atoms with E-state index in [2.05, 4.69) is 34.8 Å². The number of carbonyl (C=O) groups is 1. The topological polar surface area (TPSA) is 155 Å². The SMILES string of the molecule is COc1cc2ncnc(Nc3cccc(Cl)c3F)c2cc1C=O.COc1cc2ncnc(Nc3cccc(Cl)c3F)c2cc1OS(=O)(=O)C(F)(F)F. The summed E-state index contributed by atoms with van der Waals surface area (Å²) in [6.07, 6.45) is 3.13. The van der Waals surface area contributed by atoms with Gasteiger partial charge in [0.15, 0.2) is 29.4 Å². The number of nitrogens with zero attached hydrogens (tertiary/aromatic N) is 4. The average molecular weight is 784 g/mol. The lowest BCUT2D eigenvalue weighted by molar-refractivity contribution is -0.0500. The van der Waals surface area contributed by atoms with Gasteiger partial charge in [0, 0.05) is 22.9 Å². The Morgan fingerprint density at radius 1 is 0.712 bits per heavy atom. The standard InChI is InChI=1S/C16H10ClF4N3O4S.C16H11ClFN3O2/c1-27-12-6-11-8(5-13(12)28-29(25,26)16(19,20)21)15(23-7-22-11)24-10-4-2-3-9(17)14(10)18;1-23-14-6-13-10(5-9(14)7-22)16(20-8-19-13)21-12-4-2-3-11(17)15(12)18/h2-7H,1H3,(H,22,23,24);2-8H,1H3,(H,19,20,21). The molecular formula is C32H21Cl2F5N6O6S. The highest BCUT2D eigenvalue weighted by atomic mass is 35.5. The second kappa shape index (κ2) is 15.3. The van der Waals surface area contributed by atoms with Crippen molar-refractivity contribution >= 4 is 84.4 Å². The van der Waals surface area contributed by atoms with Crippen molar-refractivity contribution in [3.05, 3.63) is 101 Å². The lowest BCUT2D eigenvalue weighted by Crippen LogP contribution is -2.28. The summed E-state index contributed by atoms with van der Waals surface area (Å²) in [5.74, 6) is -1.69. The molecule has 12 nitrogen and oxygen atoms in total. The molecule has 2 aromatic heterocycles. The number of alkyl halides is 3. The molecule has 0 amide bonds. The average Bonchev–Trinajstić information content (AvgIpc) is 3.11. The molecule has 2 heterocycles. The summed E-state index contributed by atoms with van der Waals surface area (Å²) in [4.78, 5) is 27.3. The number of ether oxygens (including phenoxy) is 2. The van der Waals surface area contributed by atoms with Crippen LogP contribution in [0.4, 0.5) is 45.0 Å². The van der Waals surface area contributed by atoms with E-state index in [4.69, 9.17) is 32.7 Å². The Kier molecular flexibility index (Phi) is 11.1. The van der Waals surface area contributed by atoms with E-state index in [0.717, 1.165) is 25.6 Å². The number of aromatic nitrogens is 4. The molecule has 2 N–H and O–H groups in total. The number of fused-ring (bicyclic) bond motifs is 2. The third-order valence-electron chi connectivity index (χ3n) is 6.93. The van der Waals surface area contributed by atoms with E-state index in [-0.39, 0.29) is 43.9 Å². The molecule has 0 bridgehead atoms. The normalized spacial score (nSPS) is 11.4. The number of halogens is 7. The monoisotopic (exact) mass is 782 g/mol. The summed E-state index contributed by atoms with van der Waals surface area (Å²) in [5, 5.41) is 5.95. The summed E-state index contributed by atoms with van der Waals surface area (Å²) < 4.78 is 103. The Hall–Kier alpha value is -5.59. The maximum absolute atomic E-state index is 14.2. The summed E-state index contributed by atoms with van der Waals surface area (Å²) in [5.41, 5.74) is -4.46. The maximum Gasteiger partial charge on any atom is 0.534 e. The van der Waals surface area contributed by atoms with Crippen molar-refractivity contribution < 1.29 is 48.8 Å². The summed E-state index contributed by atoms with van der Waals surface area (Å²) in [7, 11) is -3.38. The van der Waals surface area contributed by atoms with Gasteiger partial charge in [-0.2, -0.15) is 21.6 Å². The molecule has 270 valence electrons. The van der Waals surface area contributed by atoms with Crippen LogP contribution in [0.15, 0.2) is 73.3 Å². The van der Waals surface area contributed by atoms with Crippen LogP contribution in [0.25, 0.3) is 21.8 Å². The molecule has 0 atom stereocenters. The molecule has 0 aliphatic rings. The molecule has 0 aliphatic carbocycles. The van der Waals surface area contributed by atoms with E-state index in [9.17, 15) is 35.2 Å². The van der Waals surface area contributed by atoms with Gasteiger partial charge in [-0.15, -0.1) is 0 Å². The van der Waals surface area contributed by atoms with Gasteiger partial charge in [0.2, 0.25) is 0 Å². The van der Waals surface area contributed by atoms with E-state index in [0.29, 0.717) is 34.3 Å². The van der Waals surface area contributed by atoms with E-state index < -0.39 is 33.0 Å². The van der Waals surface area contributed by atoms with Crippen molar-refractivity contribution in [1.29, 1.82) is 0 Å². The van der Waals surface area contributed by atoms with Gasteiger partial charge in [0.1, 0.15) is 30.0 Å². The summed E-state index contributed by atoms with van der Waals surface area (Å²) in [6.45, 7) is 0. The fraction of sp³-hybridized carbons (Fsp3) is 0.0938. The molecule has 0 fully saturated rings. The van der Waals surface area contributed by atoms with E-state index >= 15 is 0 Å². The first kappa shape index (κ1) is 37.7. The van der Waals surface area contributed by atoms with Crippen LogP contribution in [0.1, 0.15) is 10.4 Å². The second-order valence-corrected chi connectivity index (χ2v) is 12.5. The Balaban J connectivity index is 0.000000206. The van der Waals surface area contributed by atoms with Crippen LogP contribution in [0, 0.1) is 11.6 Å². The fourth-order valence-corrected chi connectivity index (χ4v) is 5.29. The Bertz CT molecular complexity index is 2430. The Morgan fingerprint density at radius 2 is 1.19 bits per heavy atom. The molecule has 0 saturated carbocycles. The summed E-state index contributed by atoms with van der Waals surface area (Å²) >= 11 is 11.5. The van der Waals surface area contributed by atoms with Crippen molar-refractivity contribution in [3.63, 3.8) is 0 Å². The lowest BCUT2D eigenvalue weighted by atomic mass is 10.1. The zero-order valence-electron chi connectivity index (χ0n) is 26.3. The van der Waals surface area contributed by atoms with Crippen LogP contribution >= 0.6 is 23.2 Å². The van der Waals surface area contributed by atoms with Crippen LogP contribution in [-0.4, -0.2) is 54.4 Å². The first-order chi connectivity index (χ1) is 24.7. The molecule has 6 rings (SSSR count). The van der Waals surface area contributed by atoms with Crippen molar-refractivity contribution in [1.82, 2.24) is 19.9 Å². The predicted octanol–water partition coefficient (Wildman–Crippen LogP) is 8.39. The molecule has 0 spiro atoms. The summed E-state index contributed by atoms with van der Waals surface area (Å²) in [6, 6.07) is 14.0. The first-order valence-corrected chi connectivity index (χ1v) is 16.4. The highest BCUT2D eigenvalue weighted by Crippen LogP contribution is 2.38.